The van der Waals surface area contributed by atoms with Crippen LogP contribution in [0.25, 0.3) is 0 Å². The predicted octanol–water partition coefficient (Wildman–Crippen LogP) is 2.33. The van der Waals surface area contributed by atoms with Gasteiger partial charge in [0, 0.05) is 32.7 Å². The molecule has 3 N–H and O–H groups in total. The van der Waals surface area contributed by atoms with E-state index in [2.05, 4.69) is 32.8 Å². The molecule has 0 aromatic carbocycles. The van der Waals surface area contributed by atoms with Crippen molar-refractivity contribution in [3.63, 3.8) is 0 Å². The van der Waals surface area contributed by atoms with Gasteiger partial charge in [0.2, 0.25) is 0 Å². The molecule has 1 rings (SSSR count). The van der Waals surface area contributed by atoms with Crippen molar-refractivity contribution in [2.45, 2.75) is 71.4 Å². The van der Waals surface area contributed by atoms with Crippen LogP contribution in [-0.4, -0.2) is 68.4 Å². The van der Waals surface area contributed by atoms with Crippen LogP contribution >= 0.6 is 0 Å². The second-order valence-electron chi connectivity index (χ2n) is 7.91. The first kappa shape index (κ1) is 22.5. The number of alkyl carbamates (subject to hydrolysis) is 1. The number of hydrogen-bond donors (Lipinski definition) is 3. The molecule has 1 amide bonds. The molecule has 7 nitrogen and oxygen atoms in total. The Morgan fingerprint density at radius 3 is 2.46 bits per heavy atom. The third-order valence-corrected chi connectivity index (χ3v) is 4.27. The molecule has 0 radical (unpaired) electrons. The number of aliphatic imine (C=N–C) groups is 1. The van der Waals surface area contributed by atoms with Crippen molar-refractivity contribution in [3.8, 4) is 0 Å². The number of likely N-dealkylation sites (tertiary alicyclic amines) is 1. The van der Waals surface area contributed by atoms with Crippen LogP contribution in [0.15, 0.2) is 4.99 Å². The molecule has 1 atom stereocenters. The molecule has 1 saturated heterocycles. The Hall–Kier alpha value is -1.50. The van der Waals surface area contributed by atoms with Gasteiger partial charge in [-0.25, -0.2) is 4.79 Å². The van der Waals surface area contributed by atoms with Gasteiger partial charge in [-0.05, 0) is 53.1 Å². The van der Waals surface area contributed by atoms with Crippen molar-refractivity contribution >= 4 is 12.1 Å². The van der Waals surface area contributed by atoms with Gasteiger partial charge in [0.1, 0.15) is 5.60 Å². The van der Waals surface area contributed by atoms with Crippen molar-refractivity contribution < 1.29 is 9.53 Å². The van der Waals surface area contributed by atoms with Gasteiger partial charge >= 0.3 is 6.09 Å². The summed E-state index contributed by atoms with van der Waals surface area (Å²) in [4.78, 5) is 18.8. The van der Waals surface area contributed by atoms with Gasteiger partial charge in [-0.2, -0.15) is 0 Å². The fourth-order valence-corrected chi connectivity index (χ4v) is 3.00. The Balaban J connectivity index is 2.33. The highest BCUT2D eigenvalue weighted by atomic mass is 16.6. The molecule has 7 heteroatoms. The Bertz CT molecular complexity index is 428. The maximum Gasteiger partial charge on any atom is 0.407 e. The van der Waals surface area contributed by atoms with E-state index >= 15 is 0 Å². The highest BCUT2D eigenvalue weighted by Crippen LogP contribution is 2.08. The van der Waals surface area contributed by atoms with E-state index in [1.165, 1.54) is 32.4 Å². The molecule has 1 heterocycles. The lowest BCUT2D eigenvalue weighted by Crippen LogP contribution is -2.49. The molecule has 0 aromatic rings. The normalized spacial score (nSPS) is 17.5. The van der Waals surface area contributed by atoms with Crippen LogP contribution in [-0.2, 0) is 4.74 Å². The first-order valence-electron chi connectivity index (χ1n) is 10.0. The van der Waals surface area contributed by atoms with Gasteiger partial charge in [-0.15, -0.1) is 0 Å². The van der Waals surface area contributed by atoms with Crippen molar-refractivity contribution in [1.82, 2.24) is 20.9 Å². The summed E-state index contributed by atoms with van der Waals surface area (Å²) in [5.74, 6) is 0.772. The highest BCUT2D eigenvalue weighted by Gasteiger charge is 2.19. The molecular formula is C19H39N5O2. The van der Waals surface area contributed by atoms with Crippen LogP contribution in [0.5, 0.6) is 0 Å². The summed E-state index contributed by atoms with van der Waals surface area (Å²) in [6.45, 7) is 12.6. The van der Waals surface area contributed by atoms with Crippen molar-refractivity contribution in [2.24, 2.45) is 4.99 Å². The zero-order valence-corrected chi connectivity index (χ0v) is 17.4. The third kappa shape index (κ3) is 10.5. The van der Waals surface area contributed by atoms with E-state index in [9.17, 15) is 4.79 Å². The SMILES string of the molecule is CCCC(CNC(=NC)NCCN1CCCCC1)NC(=O)OC(C)(C)C. The number of carbonyl (C=O) groups excluding carboxylic acids is 1. The summed E-state index contributed by atoms with van der Waals surface area (Å²) in [6.07, 6.45) is 5.48. The second kappa shape index (κ2) is 12.0. The molecule has 26 heavy (non-hydrogen) atoms. The summed E-state index contributed by atoms with van der Waals surface area (Å²) >= 11 is 0. The minimum atomic E-state index is -0.486. The van der Waals surface area contributed by atoms with Crippen LogP contribution in [0.3, 0.4) is 0 Å². The van der Waals surface area contributed by atoms with E-state index in [0.29, 0.717) is 6.54 Å². The lowest BCUT2D eigenvalue weighted by atomic mass is 10.1. The van der Waals surface area contributed by atoms with E-state index in [1.54, 1.807) is 7.05 Å². The number of hydrogen-bond acceptors (Lipinski definition) is 4. The van der Waals surface area contributed by atoms with Gasteiger partial charge in [-0.3, -0.25) is 4.99 Å². The molecule has 1 unspecified atom stereocenters. The number of rotatable bonds is 8. The van der Waals surface area contributed by atoms with Crippen molar-refractivity contribution in [1.29, 1.82) is 0 Å². The molecule has 0 aliphatic carbocycles. The maximum absolute atomic E-state index is 12.0. The van der Waals surface area contributed by atoms with E-state index < -0.39 is 5.60 Å². The van der Waals surface area contributed by atoms with Gasteiger partial charge in [-0.1, -0.05) is 19.8 Å². The number of amides is 1. The van der Waals surface area contributed by atoms with E-state index in [4.69, 9.17) is 4.74 Å². The number of ether oxygens (including phenoxy) is 1. The average molecular weight is 370 g/mol. The van der Waals surface area contributed by atoms with Crippen LogP contribution in [0.1, 0.15) is 59.8 Å². The van der Waals surface area contributed by atoms with Crippen molar-refractivity contribution in [3.05, 3.63) is 0 Å². The molecular weight excluding hydrogens is 330 g/mol. The predicted molar refractivity (Wildman–Crippen MR) is 108 cm³/mol. The van der Waals surface area contributed by atoms with E-state index in [-0.39, 0.29) is 12.1 Å². The molecule has 152 valence electrons. The lowest BCUT2D eigenvalue weighted by molar-refractivity contribution is 0.0502. The van der Waals surface area contributed by atoms with E-state index in [1.807, 2.05) is 20.8 Å². The highest BCUT2D eigenvalue weighted by molar-refractivity contribution is 5.79. The fraction of sp³-hybridized carbons (Fsp3) is 0.895. The first-order chi connectivity index (χ1) is 12.3. The Morgan fingerprint density at radius 2 is 1.88 bits per heavy atom. The summed E-state index contributed by atoms with van der Waals surface area (Å²) in [5.41, 5.74) is -0.486. The Morgan fingerprint density at radius 1 is 1.19 bits per heavy atom. The molecule has 1 aliphatic rings. The summed E-state index contributed by atoms with van der Waals surface area (Å²) in [5, 5.41) is 9.62. The molecule has 1 aliphatic heterocycles. The number of carbonyl (C=O) groups is 1. The number of piperidine rings is 1. The lowest BCUT2D eigenvalue weighted by Gasteiger charge is -2.27. The zero-order valence-electron chi connectivity index (χ0n) is 17.4. The van der Waals surface area contributed by atoms with Gasteiger partial charge in [0.05, 0.1) is 0 Å². The minimum Gasteiger partial charge on any atom is -0.444 e. The number of nitrogens with zero attached hydrogens (tertiary/aromatic N) is 2. The number of guanidine groups is 1. The number of nitrogens with one attached hydrogen (secondary N) is 3. The molecule has 0 bridgehead atoms. The van der Waals surface area contributed by atoms with E-state index in [0.717, 1.165) is 31.9 Å². The minimum absolute atomic E-state index is 0.00972. The monoisotopic (exact) mass is 369 g/mol. The topological polar surface area (TPSA) is 78.0 Å². The van der Waals surface area contributed by atoms with Crippen LogP contribution in [0.4, 0.5) is 4.79 Å². The second-order valence-corrected chi connectivity index (χ2v) is 7.91. The summed E-state index contributed by atoms with van der Waals surface area (Å²) in [6, 6.07) is 0.00972. The fourth-order valence-electron chi connectivity index (χ4n) is 3.00. The Kier molecular flexibility index (Phi) is 10.4. The molecule has 0 aromatic heterocycles. The van der Waals surface area contributed by atoms with Gasteiger partial charge in [0.15, 0.2) is 5.96 Å². The molecule has 0 saturated carbocycles. The third-order valence-electron chi connectivity index (χ3n) is 4.27. The standard InChI is InChI=1S/C19H39N5O2/c1-6-10-16(23-18(25)26-19(2,3)4)15-22-17(20-5)21-11-14-24-12-8-7-9-13-24/h16H,6-15H2,1-5H3,(H,23,25)(H2,20,21,22). The van der Waals surface area contributed by atoms with Gasteiger partial charge in [0.25, 0.3) is 0 Å². The first-order valence-corrected chi connectivity index (χ1v) is 10.0. The quantitative estimate of drug-likeness (QED) is 0.452. The van der Waals surface area contributed by atoms with Crippen LogP contribution in [0, 0.1) is 0 Å². The molecule has 1 fully saturated rings. The average Bonchev–Trinajstić information content (AvgIpc) is 2.57. The Labute approximate surface area is 159 Å². The maximum atomic E-state index is 12.0. The van der Waals surface area contributed by atoms with Crippen LogP contribution in [0.2, 0.25) is 0 Å². The zero-order chi connectivity index (χ0) is 19.4. The smallest absolute Gasteiger partial charge is 0.407 e. The summed E-state index contributed by atoms with van der Waals surface area (Å²) < 4.78 is 5.35. The molecule has 0 spiro atoms. The van der Waals surface area contributed by atoms with Crippen LogP contribution < -0.4 is 16.0 Å². The van der Waals surface area contributed by atoms with Gasteiger partial charge < -0.3 is 25.6 Å². The van der Waals surface area contributed by atoms with Crippen molar-refractivity contribution in [2.75, 3.05) is 39.8 Å². The summed E-state index contributed by atoms with van der Waals surface area (Å²) in [7, 11) is 1.77. The largest absolute Gasteiger partial charge is 0.444 e.